The van der Waals surface area contributed by atoms with E-state index in [9.17, 15) is 18.0 Å². The van der Waals surface area contributed by atoms with Crippen molar-refractivity contribution in [1.29, 1.82) is 0 Å². The lowest BCUT2D eigenvalue weighted by Gasteiger charge is -2.15. The molecule has 0 aliphatic heterocycles. The van der Waals surface area contributed by atoms with E-state index in [1.165, 1.54) is 31.8 Å². The van der Waals surface area contributed by atoms with Crippen molar-refractivity contribution in [1.82, 2.24) is 29.8 Å². The molecule has 0 fully saturated rings. The van der Waals surface area contributed by atoms with E-state index in [4.69, 9.17) is 4.74 Å². The number of anilines is 2. The summed E-state index contributed by atoms with van der Waals surface area (Å²) in [7, 11) is 3.10. The number of rotatable bonds is 6. The number of amides is 1. The minimum atomic E-state index is -4.48. The van der Waals surface area contributed by atoms with Gasteiger partial charge in [-0.3, -0.25) is 9.78 Å². The maximum absolute atomic E-state index is 12.9. The molecule has 12 heteroatoms. The number of aryl methyl sites for hydroxylation is 1. The lowest BCUT2D eigenvalue weighted by Crippen LogP contribution is -2.28. The molecule has 9 nitrogen and oxygen atoms in total. The normalized spacial score (nSPS) is 12.4. The van der Waals surface area contributed by atoms with Gasteiger partial charge >= 0.3 is 6.18 Å². The molecule has 1 aromatic carbocycles. The molecular formula is C22H20F3N7O2. The number of hydrogen-bond donors (Lipinski definition) is 2. The number of methoxy groups -OCH3 is 1. The largest absolute Gasteiger partial charge is 0.495 e. The Hall–Kier alpha value is -4.22. The van der Waals surface area contributed by atoms with Crippen molar-refractivity contribution in [2.45, 2.75) is 19.1 Å². The van der Waals surface area contributed by atoms with E-state index in [0.717, 1.165) is 17.6 Å². The van der Waals surface area contributed by atoms with Crippen molar-refractivity contribution < 1.29 is 22.7 Å². The summed E-state index contributed by atoms with van der Waals surface area (Å²) in [5.41, 5.74) is 1.67. The van der Waals surface area contributed by atoms with Crippen molar-refractivity contribution in [2.75, 3.05) is 12.4 Å². The van der Waals surface area contributed by atoms with Crippen molar-refractivity contribution >= 4 is 28.4 Å². The second-order valence-electron chi connectivity index (χ2n) is 7.47. The monoisotopic (exact) mass is 471 g/mol. The van der Waals surface area contributed by atoms with Crippen LogP contribution in [0.5, 0.6) is 5.75 Å². The van der Waals surface area contributed by atoms with Gasteiger partial charge in [0, 0.05) is 7.05 Å². The Balaban J connectivity index is 1.44. The average molecular weight is 471 g/mol. The molecule has 3 aromatic heterocycles. The van der Waals surface area contributed by atoms with Crippen LogP contribution in [0.25, 0.3) is 11.0 Å². The number of nitrogens with one attached hydrogen (secondary N) is 2. The van der Waals surface area contributed by atoms with Gasteiger partial charge in [0.05, 0.1) is 60.5 Å². The standard InChI is InChI=1S/C22H20F3N7O2/c1-12(30-21(33)15-7-18-17(9-26-15)29-11-32(18)2)16-8-28-20(10-27-16)31-14-5-4-13(22(23,24)25)6-19(14)34-3/h4-12H,1-3H3,(H,28,31)(H,30,33). The Morgan fingerprint density at radius 2 is 1.88 bits per heavy atom. The van der Waals surface area contributed by atoms with Gasteiger partial charge in [0.25, 0.3) is 5.91 Å². The number of halogens is 3. The van der Waals surface area contributed by atoms with Gasteiger partial charge in [-0.25, -0.2) is 15.0 Å². The molecule has 2 N–H and O–H groups in total. The van der Waals surface area contributed by atoms with Crippen LogP contribution in [-0.2, 0) is 13.2 Å². The van der Waals surface area contributed by atoms with Crippen LogP contribution in [0.4, 0.5) is 24.7 Å². The van der Waals surface area contributed by atoms with E-state index in [1.807, 2.05) is 7.05 Å². The molecular weight excluding hydrogens is 451 g/mol. The predicted octanol–water partition coefficient (Wildman–Crippen LogP) is 4.02. The number of nitrogens with zero attached hydrogens (tertiary/aromatic N) is 5. The maximum atomic E-state index is 12.9. The molecule has 0 spiro atoms. The van der Waals surface area contributed by atoms with Crippen LogP contribution >= 0.6 is 0 Å². The van der Waals surface area contributed by atoms with E-state index in [0.29, 0.717) is 22.7 Å². The fourth-order valence-electron chi connectivity index (χ4n) is 3.23. The van der Waals surface area contributed by atoms with Gasteiger partial charge < -0.3 is 19.9 Å². The molecule has 0 aliphatic rings. The number of carbonyl (C=O) groups excluding carboxylic acids is 1. The Morgan fingerprint density at radius 1 is 1.09 bits per heavy atom. The number of aromatic nitrogens is 5. The average Bonchev–Trinajstić information content (AvgIpc) is 3.19. The highest BCUT2D eigenvalue weighted by molar-refractivity contribution is 5.95. The molecule has 3 heterocycles. The van der Waals surface area contributed by atoms with Crippen molar-refractivity contribution in [3.8, 4) is 5.75 Å². The third-order valence-corrected chi connectivity index (χ3v) is 5.10. The Bertz CT molecular complexity index is 1340. The molecule has 0 aliphatic carbocycles. The first-order valence-electron chi connectivity index (χ1n) is 10.1. The quantitative estimate of drug-likeness (QED) is 0.437. The van der Waals surface area contributed by atoms with Crippen molar-refractivity contribution in [2.24, 2.45) is 7.05 Å². The zero-order valence-corrected chi connectivity index (χ0v) is 18.4. The molecule has 4 aromatic rings. The van der Waals surface area contributed by atoms with E-state index >= 15 is 0 Å². The summed E-state index contributed by atoms with van der Waals surface area (Å²) < 4.78 is 45.6. The number of fused-ring (bicyclic) bond motifs is 1. The third-order valence-electron chi connectivity index (χ3n) is 5.10. The summed E-state index contributed by atoms with van der Waals surface area (Å²) in [6.07, 6.45) is 1.57. The minimum absolute atomic E-state index is 0.0132. The van der Waals surface area contributed by atoms with Gasteiger partial charge in [0.15, 0.2) is 0 Å². The van der Waals surface area contributed by atoms with E-state index in [-0.39, 0.29) is 17.4 Å². The van der Waals surface area contributed by atoms with Crippen molar-refractivity contribution in [3.63, 3.8) is 0 Å². The maximum Gasteiger partial charge on any atom is 0.416 e. The Morgan fingerprint density at radius 3 is 2.56 bits per heavy atom. The third kappa shape index (κ3) is 4.75. The number of alkyl halides is 3. The minimum Gasteiger partial charge on any atom is -0.495 e. The predicted molar refractivity (Wildman–Crippen MR) is 118 cm³/mol. The number of ether oxygens (including phenoxy) is 1. The molecule has 0 radical (unpaired) electrons. The number of benzene rings is 1. The lowest BCUT2D eigenvalue weighted by atomic mass is 10.2. The zero-order valence-electron chi connectivity index (χ0n) is 18.4. The number of pyridine rings is 1. The number of hydrogen-bond acceptors (Lipinski definition) is 7. The molecule has 4 rings (SSSR count). The summed E-state index contributed by atoms with van der Waals surface area (Å²) in [6.45, 7) is 1.75. The lowest BCUT2D eigenvalue weighted by molar-refractivity contribution is -0.137. The molecule has 1 unspecified atom stereocenters. The fraction of sp³-hybridized carbons (Fsp3) is 0.227. The van der Waals surface area contributed by atoms with Gasteiger partial charge in [-0.1, -0.05) is 0 Å². The first-order chi connectivity index (χ1) is 16.2. The summed E-state index contributed by atoms with van der Waals surface area (Å²) >= 11 is 0. The highest BCUT2D eigenvalue weighted by atomic mass is 19.4. The summed E-state index contributed by atoms with van der Waals surface area (Å²) in [6, 6.07) is 4.28. The smallest absolute Gasteiger partial charge is 0.416 e. The van der Waals surface area contributed by atoms with Gasteiger partial charge in [0.2, 0.25) is 0 Å². The Kier molecular flexibility index (Phi) is 6.05. The highest BCUT2D eigenvalue weighted by Crippen LogP contribution is 2.35. The van der Waals surface area contributed by atoms with Gasteiger partial charge in [-0.15, -0.1) is 0 Å². The second kappa shape index (κ2) is 8.96. The molecule has 1 amide bonds. The van der Waals surface area contributed by atoms with Crippen LogP contribution in [-0.4, -0.2) is 37.5 Å². The Labute approximate surface area is 192 Å². The molecule has 0 saturated heterocycles. The van der Waals surface area contributed by atoms with Crippen LogP contribution < -0.4 is 15.4 Å². The molecule has 0 bridgehead atoms. The first kappa shape index (κ1) is 23.0. The van der Waals surface area contributed by atoms with Gasteiger partial charge in [-0.2, -0.15) is 13.2 Å². The molecule has 1 atom stereocenters. The summed E-state index contributed by atoms with van der Waals surface area (Å²) in [5.74, 6) is -0.0722. The second-order valence-corrected chi connectivity index (χ2v) is 7.47. The zero-order chi connectivity index (χ0) is 24.5. The van der Waals surface area contributed by atoms with Crippen LogP contribution in [0.15, 0.2) is 49.2 Å². The number of carbonyl (C=O) groups is 1. The highest BCUT2D eigenvalue weighted by Gasteiger charge is 2.31. The SMILES string of the molecule is COc1cc(C(F)(F)F)ccc1Nc1cnc(C(C)NC(=O)c2cc3c(cn2)ncn3C)cn1. The molecule has 34 heavy (non-hydrogen) atoms. The molecule has 0 saturated carbocycles. The van der Waals surface area contributed by atoms with E-state index < -0.39 is 17.8 Å². The first-order valence-corrected chi connectivity index (χ1v) is 10.1. The molecule has 176 valence electrons. The summed E-state index contributed by atoms with van der Waals surface area (Å²) in [4.78, 5) is 29.5. The van der Waals surface area contributed by atoms with Gasteiger partial charge in [0.1, 0.15) is 22.8 Å². The van der Waals surface area contributed by atoms with Crippen LogP contribution in [0, 0.1) is 0 Å². The topological polar surface area (TPSA) is 107 Å². The van der Waals surface area contributed by atoms with E-state index in [2.05, 4.69) is 30.6 Å². The van der Waals surface area contributed by atoms with Crippen LogP contribution in [0.2, 0.25) is 0 Å². The van der Waals surface area contributed by atoms with Crippen LogP contribution in [0.3, 0.4) is 0 Å². The van der Waals surface area contributed by atoms with Gasteiger partial charge in [-0.05, 0) is 31.2 Å². The van der Waals surface area contributed by atoms with Crippen LogP contribution in [0.1, 0.15) is 34.7 Å². The number of imidazole rings is 1. The van der Waals surface area contributed by atoms with Crippen molar-refractivity contribution in [3.05, 3.63) is 66.1 Å². The van der Waals surface area contributed by atoms with E-state index in [1.54, 1.807) is 23.9 Å². The summed E-state index contributed by atoms with van der Waals surface area (Å²) in [5, 5.41) is 5.70. The fourth-order valence-corrected chi connectivity index (χ4v) is 3.23.